The van der Waals surface area contributed by atoms with Crippen molar-refractivity contribution < 1.29 is 14.7 Å². The molecule has 0 unspecified atom stereocenters. The Hall–Kier alpha value is -2.04. The van der Waals surface area contributed by atoms with Gasteiger partial charge in [0.05, 0.1) is 0 Å². The third-order valence-electron chi connectivity index (χ3n) is 3.42. The fourth-order valence-electron chi connectivity index (χ4n) is 2.21. The van der Waals surface area contributed by atoms with Gasteiger partial charge in [-0.15, -0.1) is 0 Å². The first-order valence-corrected chi connectivity index (χ1v) is 6.43. The molecule has 0 fully saturated rings. The van der Waals surface area contributed by atoms with Gasteiger partial charge >= 0.3 is 12.0 Å². The summed E-state index contributed by atoms with van der Waals surface area (Å²) in [6.07, 6.45) is 1.62. The molecule has 0 aliphatic carbocycles. The first-order chi connectivity index (χ1) is 9.08. The first-order valence-electron chi connectivity index (χ1n) is 6.43. The Bertz CT molecular complexity index is 460. The zero-order valence-electron chi connectivity index (χ0n) is 10.9. The molecule has 5 nitrogen and oxygen atoms in total. The summed E-state index contributed by atoms with van der Waals surface area (Å²) < 4.78 is 0. The minimum atomic E-state index is -1.02. The summed E-state index contributed by atoms with van der Waals surface area (Å²) in [4.78, 5) is 24.4. The van der Waals surface area contributed by atoms with Crippen molar-refractivity contribution >= 4 is 12.0 Å². The Morgan fingerprint density at radius 1 is 1.21 bits per heavy atom. The number of aliphatic carboxylic acids is 1. The molecule has 102 valence electrons. The number of nitrogens with one attached hydrogen (secondary N) is 1. The number of urea groups is 1. The monoisotopic (exact) mass is 262 g/mol. The highest BCUT2D eigenvalue weighted by molar-refractivity contribution is 5.82. The van der Waals surface area contributed by atoms with E-state index >= 15 is 0 Å². The fourth-order valence-corrected chi connectivity index (χ4v) is 2.21. The van der Waals surface area contributed by atoms with Gasteiger partial charge in [-0.3, -0.25) is 4.79 Å². The minimum Gasteiger partial charge on any atom is -0.480 e. The predicted molar refractivity (Wildman–Crippen MR) is 71.1 cm³/mol. The number of benzene rings is 1. The summed E-state index contributed by atoms with van der Waals surface area (Å²) in [7, 11) is 0. The largest absolute Gasteiger partial charge is 0.480 e. The fraction of sp³-hybridized carbons (Fsp3) is 0.429. The van der Waals surface area contributed by atoms with E-state index in [0.29, 0.717) is 13.1 Å². The zero-order chi connectivity index (χ0) is 13.8. The van der Waals surface area contributed by atoms with Crippen molar-refractivity contribution in [1.29, 1.82) is 0 Å². The minimum absolute atomic E-state index is 0.303. The van der Waals surface area contributed by atoms with Gasteiger partial charge in [-0.25, -0.2) is 4.79 Å². The molecule has 2 amide bonds. The number of amides is 2. The number of carbonyl (C=O) groups excluding carboxylic acids is 1. The van der Waals surface area contributed by atoms with Crippen LogP contribution in [0, 0.1) is 0 Å². The zero-order valence-corrected chi connectivity index (χ0v) is 10.9. The van der Waals surface area contributed by atoms with E-state index in [1.54, 1.807) is 4.90 Å². The number of hydrogen-bond acceptors (Lipinski definition) is 2. The molecule has 1 heterocycles. The maximum Gasteiger partial charge on any atom is 0.325 e. The molecule has 2 rings (SSSR count). The van der Waals surface area contributed by atoms with Crippen LogP contribution in [0.25, 0.3) is 0 Å². The molecule has 1 aliphatic rings. The van der Waals surface area contributed by atoms with E-state index in [1.807, 2.05) is 12.1 Å². The Kier molecular flexibility index (Phi) is 4.04. The molecule has 5 heteroatoms. The van der Waals surface area contributed by atoms with Crippen molar-refractivity contribution in [2.45, 2.75) is 25.8 Å². The lowest BCUT2D eigenvalue weighted by Crippen LogP contribution is -2.47. The highest BCUT2D eigenvalue weighted by Gasteiger charge is 2.21. The van der Waals surface area contributed by atoms with Crippen LogP contribution in [0.15, 0.2) is 24.3 Å². The van der Waals surface area contributed by atoms with Crippen LogP contribution in [-0.4, -0.2) is 41.1 Å². The molecule has 2 N–H and O–H groups in total. The van der Waals surface area contributed by atoms with Crippen LogP contribution in [0.5, 0.6) is 0 Å². The summed E-state index contributed by atoms with van der Waals surface area (Å²) in [5, 5.41) is 11.3. The van der Waals surface area contributed by atoms with Gasteiger partial charge in [0.25, 0.3) is 0 Å². The van der Waals surface area contributed by atoms with Gasteiger partial charge in [-0.05, 0) is 30.9 Å². The van der Waals surface area contributed by atoms with Crippen molar-refractivity contribution in [3.63, 3.8) is 0 Å². The van der Waals surface area contributed by atoms with Gasteiger partial charge in [0.1, 0.15) is 6.04 Å². The summed E-state index contributed by atoms with van der Waals surface area (Å²) in [5.74, 6) is -1.02. The second-order valence-corrected chi connectivity index (χ2v) is 4.77. The molecule has 0 saturated heterocycles. The standard InChI is InChI=1S/C14H18N2O3/c1-10(13(17)18)15-14(19)16-8-6-11-4-2-3-5-12(11)7-9-16/h2-5,10H,6-9H2,1H3,(H,15,19)(H,17,18)/t10-/m0/s1. The summed E-state index contributed by atoms with van der Waals surface area (Å²) in [6, 6.07) is 7.00. The predicted octanol–water partition coefficient (Wildman–Crippen LogP) is 1.27. The lowest BCUT2D eigenvalue weighted by Gasteiger charge is -2.22. The normalized spacial score (nSPS) is 16.2. The van der Waals surface area contributed by atoms with Crippen molar-refractivity contribution in [2.24, 2.45) is 0 Å². The average Bonchev–Trinajstić information content (AvgIpc) is 2.60. The molecule has 0 saturated carbocycles. The highest BCUT2D eigenvalue weighted by Crippen LogP contribution is 2.15. The van der Waals surface area contributed by atoms with E-state index in [-0.39, 0.29) is 6.03 Å². The Morgan fingerprint density at radius 3 is 2.21 bits per heavy atom. The molecule has 0 spiro atoms. The van der Waals surface area contributed by atoms with E-state index in [9.17, 15) is 9.59 Å². The highest BCUT2D eigenvalue weighted by atomic mass is 16.4. The second-order valence-electron chi connectivity index (χ2n) is 4.77. The van der Waals surface area contributed by atoms with E-state index < -0.39 is 12.0 Å². The molecule has 1 aromatic rings. The third-order valence-corrected chi connectivity index (χ3v) is 3.42. The molecule has 0 radical (unpaired) electrons. The number of carbonyl (C=O) groups is 2. The Labute approximate surface area is 112 Å². The van der Waals surface area contributed by atoms with Crippen molar-refractivity contribution in [3.8, 4) is 0 Å². The maximum absolute atomic E-state index is 12.0. The van der Waals surface area contributed by atoms with Gasteiger partial charge in [0.2, 0.25) is 0 Å². The van der Waals surface area contributed by atoms with E-state index in [1.165, 1.54) is 18.1 Å². The molecule has 0 bridgehead atoms. The van der Waals surface area contributed by atoms with Gasteiger partial charge < -0.3 is 15.3 Å². The van der Waals surface area contributed by atoms with E-state index in [0.717, 1.165) is 12.8 Å². The Morgan fingerprint density at radius 2 is 1.74 bits per heavy atom. The third kappa shape index (κ3) is 3.24. The van der Waals surface area contributed by atoms with E-state index in [2.05, 4.69) is 17.4 Å². The van der Waals surface area contributed by atoms with E-state index in [4.69, 9.17) is 5.11 Å². The molecular formula is C14H18N2O3. The molecular weight excluding hydrogens is 244 g/mol. The van der Waals surface area contributed by atoms with Crippen LogP contribution in [0.2, 0.25) is 0 Å². The molecule has 1 aliphatic heterocycles. The maximum atomic E-state index is 12.0. The van der Waals surface area contributed by atoms with Gasteiger partial charge in [-0.1, -0.05) is 24.3 Å². The van der Waals surface area contributed by atoms with Crippen LogP contribution in [0.4, 0.5) is 4.79 Å². The summed E-state index contributed by atoms with van der Waals surface area (Å²) >= 11 is 0. The molecule has 19 heavy (non-hydrogen) atoms. The van der Waals surface area contributed by atoms with Crippen molar-refractivity contribution in [1.82, 2.24) is 10.2 Å². The summed E-state index contributed by atoms with van der Waals surface area (Å²) in [6.45, 7) is 2.71. The van der Waals surface area contributed by atoms with Crippen LogP contribution in [-0.2, 0) is 17.6 Å². The number of rotatable bonds is 2. The van der Waals surface area contributed by atoms with Crippen LogP contribution in [0.1, 0.15) is 18.1 Å². The Balaban J connectivity index is 1.98. The SMILES string of the molecule is C[C@H](NC(=O)N1CCc2ccccc2CC1)C(=O)O. The molecule has 0 aromatic heterocycles. The number of carboxylic acid groups (broad SMARTS) is 1. The van der Waals surface area contributed by atoms with Crippen molar-refractivity contribution in [2.75, 3.05) is 13.1 Å². The average molecular weight is 262 g/mol. The summed E-state index contributed by atoms with van der Waals surface area (Å²) in [5.41, 5.74) is 2.54. The quantitative estimate of drug-likeness (QED) is 0.843. The second kappa shape index (κ2) is 5.73. The lowest BCUT2D eigenvalue weighted by molar-refractivity contribution is -0.138. The van der Waals surface area contributed by atoms with Crippen LogP contribution >= 0.6 is 0 Å². The number of fused-ring (bicyclic) bond motifs is 1. The number of nitrogens with zero attached hydrogens (tertiary/aromatic N) is 1. The van der Waals surface area contributed by atoms with Crippen LogP contribution < -0.4 is 5.32 Å². The van der Waals surface area contributed by atoms with Crippen LogP contribution in [0.3, 0.4) is 0 Å². The van der Waals surface area contributed by atoms with Gasteiger partial charge in [0.15, 0.2) is 0 Å². The topological polar surface area (TPSA) is 69.6 Å². The number of hydrogen-bond donors (Lipinski definition) is 2. The first kappa shape index (κ1) is 13.4. The smallest absolute Gasteiger partial charge is 0.325 e. The van der Waals surface area contributed by atoms with Gasteiger partial charge in [0, 0.05) is 13.1 Å². The molecule has 1 atom stereocenters. The number of carboxylic acids is 1. The lowest BCUT2D eigenvalue weighted by atomic mass is 10.0. The van der Waals surface area contributed by atoms with Crippen molar-refractivity contribution in [3.05, 3.63) is 35.4 Å². The van der Waals surface area contributed by atoms with Gasteiger partial charge in [-0.2, -0.15) is 0 Å². The molecule has 1 aromatic carbocycles.